The summed E-state index contributed by atoms with van der Waals surface area (Å²) in [5.74, 6) is 0. The summed E-state index contributed by atoms with van der Waals surface area (Å²) in [5, 5.41) is 7.48. The fourth-order valence-corrected chi connectivity index (χ4v) is 7.50. The van der Waals surface area contributed by atoms with Gasteiger partial charge in [0.25, 0.3) is 0 Å². The minimum Gasteiger partial charge on any atom is -0.456 e. The van der Waals surface area contributed by atoms with Crippen LogP contribution in [0.3, 0.4) is 0 Å². The van der Waals surface area contributed by atoms with E-state index in [-0.39, 0.29) is 0 Å². The molecule has 0 bridgehead atoms. The van der Waals surface area contributed by atoms with Gasteiger partial charge in [-0.05, 0) is 59.7 Å². The van der Waals surface area contributed by atoms with E-state index in [0.29, 0.717) is 0 Å². The summed E-state index contributed by atoms with van der Waals surface area (Å²) in [7, 11) is 0. The molecule has 0 saturated heterocycles. The summed E-state index contributed by atoms with van der Waals surface area (Å²) in [5.41, 5.74) is 7.99. The Kier molecular flexibility index (Phi) is 4.24. The molecule has 3 heteroatoms. The van der Waals surface area contributed by atoms with Gasteiger partial charge in [0.1, 0.15) is 11.2 Å². The van der Waals surface area contributed by atoms with Crippen LogP contribution in [0.2, 0.25) is 0 Å². The maximum atomic E-state index is 6.13. The van der Waals surface area contributed by atoms with Crippen molar-refractivity contribution in [3.05, 3.63) is 127 Å². The molecule has 0 aliphatic rings. The van der Waals surface area contributed by atoms with E-state index >= 15 is 0 Å². The standard InChI is InChI=1S/C36H21NOS/c1-4-13-28-24(9-1)25-10-2-5-14-29(25)37(28)30-15-8-18-34-36(30)35-23(12-7-17-33(35)39-34)22-19-20-32-27(21-22)26-11-3-6-16-31(26)38-32/h1-21H. The number of thiophene rings is 1. The molecular formula is C36H21NOS. The summed E-state index contributed by atoms with van der Waals surface area (Å²) in [6, 6.07) is 45.8. The second-order valence-corrected chi connectivity index (χ2v) is 11.2. The third-order valence-electron chi connectivity index (χ3n) is 8.01. The van der Waals surface area contributed by atoms with E-state index in [1.165, 1.54) is 58.8 Å². The van der Waals surface area contributed by atoms with Crippen molar-refractivity contribution in [1.29, 1.82) is 0 Å². The van der Waals surface area contributed by atoms with Crippen molar-refractivity contribution >= 4 is 75.3 Å². The molecule has 0 atom stereocenters. The lowest BCUT2D eigenvalue weighted by molar-refractivity contribution is 0.669. The Bertz CT molecular complexity index is 2350. The minimum atomic E-state index is 0.924. The highest BCUT2D eigenvalue weighted by molar-refractivity contribution is 7.26. The minimum absolute atomic E-state index is 0.924. The van der Waals surface area contributed by atoms with Crippen LogP contribution in [0.1, 0.15) is 0 Å². The maximum Gasteiger partial charge on any atom is 0.135 e. The number of para-hydroxylation sites is 3. The van der Waals surface area contributed by atoms with E-state index in [1.807, 2.05) is 23.5 Å². The average molecular weight is 516 g/mol. The van der Waals surface area contributed by atoms with E-state index in [9.17, 15) is 0 Å². The van der Waals surface area contributed by atoms with Crippen molar-refractivity contribution in [2.45, 2.75) is 0 Å². The molecule has 3 heterocycles. The zero-order valence-electron chi connectivity index (χ0n) is 20.9. The van der Waals surface area contributed by atoms with Gasteiger partial charge in [-0.25, -0.2) is 0 Å². The van der Waals surface area contributed by atoms with E-state index < -0.39 is 0 Å². The molecule has 0 spiro atoms. The highest BCUT2D eigenvalue weighted by atomic mass is 32.1. The zero-order chi connectivity index (χ0) is 25.5. The molecule has 39 heavy (non-hydrogen) atoms. The Labute approximate surface area is 227 Å². The molecule has 9 rings (SSSR count). The van der Waals surface area contributed by atoms with E-state index in [2.05, 4.69) is 120 Å². The SMILES string of the molecule is c1ccc2c(c1)oc1ccc(-c3cccc4sc5cccc(-n6c7ccccc7c7ccccc76)c5c34)cc12. The highest BCUT2D eigenvalue weighted by Gasteiger charge is 2.19. The number of furan rings is 1. The van der Waals surface area contributed by atoms with Crippen LogP contribution in [0.15, 0.2) is 132 Å². The van der Waals surface area contributed by atoms with Crippen LogP contribution in [0, 0.1) is 0 Å². The molecule has 6 aromatic carbocycles. The third kappa shape index (κ3) is 2.91. The molecule has 182 valence electrons. The van der Waals surface area contributed by atoms with Gasteiger partial charge in [0.15, 0.2) is 0 Å². The first-order valence-electron chi connectivity index (χ1n) is 13.2. The summed E-state index contributed by atoms with van der Waals surface area (Å²) in [4.78, 5) is 0. The lowest BCUT2D eigenvalue weighted by atomic mass is 9.97. The van der Waals surface area contributed by atoms with E-state index in [4.69, 9.17) is 4.42 Å². The maximum absolute atomic E-state index is 6.13. The van der Waals surface area contributed by atoms with Crippen LogP contribution in [0.5, 0.6) is 0 Å². The predicted molar refractivity (Wildman–Crippen MR) is 166 cm³/mol. The molecule has 9 aromatic rings. The lowest BCUT2D eigenvalue weighted by Gasteiger charge is -2.12. The van der Waals surface area contributed by atoms with Gasteiger partial charge < -0.3 is 8.98 Å². The second kappa shape index (κ2) is 7.83. The quantitative estimate of drug-likeness (QED) is 0.224. The Morgan fingerprint density at radius 2 is 1.13 bits per heavy atom. The van der Waals surface area contributed by atoms with E-state index in [0.717, 1.165) is 21.9 Å². The average Bonchev–Trinajstić information content (AvgIpc) is 3.66. The summed E-state index contributed by atoms with van der Waals surface area (Å²) >= 11 is 1.87. The molecule has 0 fully saturated rings. The van der Waals surface area contributed by atoms with Crippen LogP contribution in [0.4, 0.5) is 0 Å². The van der Waals surface area contributed by atoms with Gasteiger partial charge in [0.2, 0.25) is 0 Å². The van der Waals surface area contributed by atoms with Gasteiger partial charge in [-0.15, -0.1) is 11.3 Å². The molecule has 0 N–H and O–H groups in total. The smallest absolute Gasteiger partial charge is 0.135 e. The monoisotopic (exact) mass is 515 g/mol. The topological polar surface area (TPSA) is 18.1 Å². The van der Waals surface area contributed by atoms with Gasteiger partial charge >= 0.3 is 0 Å². The van der Waals surface area contributed by atoms with Crippen LogP contribution in [0.25, 0.3) is 80.7 Å². The van der Waals surface area contributed by atoms with Crippen LogP contribution in [-0.4, -0.2) is 4.57 Å². The third-order valence-corrected chi connectivity index (χ3v) is 9.13. The largest absolute Gasteiger partial charge is 0.456 e. The van der Waals surface area contributed by atoms with Crippen molar-refractivity contribution < 1.29 is 4.42 Å². The Morgan fingerprint density at radius 3 is 1.92 bits per heavy atom. The zero-order valence-corrected chi connectivity index (χ0v) is 21.7. The molecular weight excluding hydrogens is 494 g/mol. The number of benzene rings is 6. The molecule has 0 aliphatic heterocycles. The molecule has 2 nitrogen and oxygen atoms in total. The molecule has 0 unspecified atom stereocenters. The van der Waals surface area contributed by atoms with Crippen molar-refractivity contribution in [2.75, 3.05) is 0 Å². The summed E-state index contributed by atoms with van der Waals surface area (Å²) in [6.07, 6.45) is 0. The first-order valence-corrected chi connectivity index (χ1v) is 14.0. The number of aromatic nitrogens is 1. The predicted octanol–water partition coefficient (Wildman–Crippen LogP) is 10.7. The molecule has 0 saturated carbocycles. The summed E-state index contributed by atoms with van der Waals surface area (Å²) in [6.45, 7) is 0. The van der Waals surface area contributed by atoms with Gasteiger partial charge in [-0.3, -0.25) is 0 Å². The second-order valence-electron chi connectivity index (χ2n) is 10.1. The van der Waals surface area contributed by atoms with Crippen LogP contribution in [-0.2, 0) is 0 Å². The Morgan fingerprint density at radius 1 is 0.487 bits per heavy atom. The Hall–Kier alpha value is -4.86. The fraction of sp³-hybridized carbons (Fsp3) is 0. The van der Waals surface area contributed by atoms with Crippen molar-refractivity contribution in [3.8, 4) is 16.8 Å². The van der Waals surface area contributed by atoms with Gasteiger partial charge in [-0.2, -0.15) is 0 Å². The summed E-state index contributed by atoms with van der Waals surface area (Å²) < 4.78 is 11.2. The molecule has 0 radical (unpaired) electrons. The van der Waals surface area contributed by atoms with Gasteiger partial charge in [-0.1, -0.05) is 78.9 Å². The van der Waals surface area contributed by atoms with E-state index in [1.54, 1.807) is 0 Å². The Balaban J connectivity index is 1.40. The van der Waals surface area contributed by atoms with Gasteiger partial charge in [0.05, 0.1) is 16.7 Å². The first kappa shape index (κ1) is 21.1. The lowest BCUT2D eigenvalue weighted by Crippen LogP contribution is -1.94. The number of rotatable bonds is 2. The van der Waals surface area contributed by atoms with Crippen LogP contribution >= 0.6 is 11.3 Å². The van der Waals surface area contributed by atoms with Crippen LogP contribution < -0.4 is 0 Å². The number of hydrogen-bond donors (Lipinski definition) is 0. The van der Waals surface area contributed by atoms with Gasteiger partial charge in [0, 0.05) is 41.7 Å². The molecule has 0 aliphatic carbocycles. The van der Waals surface area contributed by atoms with Crippen molar-refractivity contribution in [2.24, 2.45) is 0 Å². The highest BCUT2D eigenvalue weighted by Crippen LogP contribution is 2.45. The normalized spacial score (nSPS) is 12.1. The number of nitrogens with zero attached hydrogens (tertiary/aromatic N) is 1. The number of fused-ring (bicyclic) bond motifs is 9. The fourth-order valence-electron chi connectivity index (χ4n) is 6.35. The van der Waals surface area contributed by atoms with Crippen molar-refractivity contribution in [3.63, 3.8) is 0 Å². The molecule has 0 amide bonds. The van der Waals surface area contributed by atoms with Crippen molar-refractivity contribution in [1.82, 2.24) is 4.57 Å². The molecule has 3 aromatic heterocycles. The number of hydrogen-bond acceptors (Lipinski definition) is 2. The first-order chi connectivity index (χ1) is 19.3.